The highest BCUT2D eigenvalue weighted by Crippen LogP contribution is 2.14. The minimum absolute atomic E-state index is 0.0292. The van der Waals surface area contributed by atoms with Crippen LogP contribution >= 0.6 is 0 Å². The fraction of sp³-hybridized carbons (Fsp3) is 0.875. The highest BCUT2D eigenvalue weighted by atomic mass is 32.2. The van der Waals surface area contributed by atoms with Gasteiger partial charge >= 0.3 is 0 Å². The summed E-state index contributed by atoms with van der Waals surface area (Å²) in [5.41, 5.74) is 5.73. The van der Waals surface area contributed by atoms with Crippen LogP contribution in [0.15, 0.2) is 0 Å². The quantitative estimate of drug-likeness (QED) is 0.636. The Bertz CT molecular complexity index is 315. The van der Waals surface area contributed by atoms with Crippen LogP contribution in [0.3, 0.4) is 0 Å². The summed E-state index contributed by atoms with van der Waals surface area (Å²) in [5, 5.41) is 0. The van der Waals surface area contributed by atoms with E-state index in [2.05, 4.69) is 0 Å². The number of carbonyl (C=O) groups excluding carboxylic acids is 1. The fourth-order valence-corrected chi connectivity index (χ4v) is 2.14. The maximum absolute atomic E-state index is 11.4. The molecule has 0 saturated carbocycles. The van der Waals surface area contributed by atoms with Gasteiger partial charge in [0.1, 0.15) is 5.75 Å². The molecule has 2 N–H and O–H groups in total. The van der Waals surface area contributed by atoms with Crippen molar-refractivity contribution in [1.82, 2.24) is 4.90 Å². The number of likely N-dealkylation sites (tertiary alicyclic amines) is 1. The van der Waals surface area contributed by atoms with E-state index in [4.69, 9.17) is 5.73 Å². The van der Waals surface area contributed by atoms with Gasteiger partial charge in [-0.2, -0.15) is 0 Å². The SMILES string of the molecule is CC1CN(C(=O)CS(C)(=O)=O)CC1N. The van der Waals surface area contributed by atoms with Crippen LogP contribution in [0.4, 0.5) is 0 Å². The van der Waals surface area contributed by atoms with Gasteiger partial charge in [0, 0.05) is 25.4 Å². The highest BCUT2D eigenvalue weighted by Gasteiger charge is 2.30. The maximum Gasteiger partial charge on any atom is 0.237 e. The molecule has 6 heteroatoms. The monoisotopic (exact) mass is 220 g/mol. The van der Waals surface area contributed by atoms with Crippen molar-refractivity contribution in [3.05, 3.63) is 0 Å². The summed E-state index contributed by atoms with van der Waals surface area (Å²) >= 11 is 0. The van der Waals surface area contributed by atoms with E-state index >= 15 is 0 Å². The summed E-state index contributed by atoms with van der Waals surface area (Å²) in [7, 11) is -3.23. The third kappa shape index (κ3) is 2.95. The molecule has 1 aliphatic heterocycles. The van der Waals surface area contributed by atoms with Gasteiger partial charge in [0.2, 0.25) is 5.91 Å². The standard InChI is InChI=1S/C8H16N2O3S/c1-6-3-10(4-7(6)9)8(11)5-14(2,12)13/h6-7H,3-5,9H2,1-2H3. The number of nitrogens with two attached hydrogens (primary N) is 1. The number of hydrogen-bond donors (Lipinski definition) is 1. The first-order valence-electron chi connectivity index (χ1n) is 4.50. The highest BCUT2D eigenvalue weighted by molar-refractivity contribution is 7.91. The molecule has 2 unspecified atom stereocenters. The first-order valence-corrected chi connectivity index (χ1v) is 6.57. The van der Waals surface area contributed by atoms with Crippen molar-refractivity contribution in [3.63, 3.8) is 0 Å². The molecular weight excluding hydrogens is 204 g/mol. The molecule has 0 bridgehead atoms. The van der Waals surface area contributed by atoms with Gasteiger partial charge in [-0.1, -0.05) is 6.92 Å². The average Bonchev–Trinajstić information content (AvgIpc) is 2.28. The number of sulfone groups is 1. The second kappa shape index (κ2) is 3.86. The third-order valence-corrected chi connectivity index (χ3v) is 3.18. The largest absolute Gasteiger partial charge is 0.340 e. The van der Waals surface area contributed by atoms with Gasteiger partial charge in [0.15, 0.2) is 9.84 Å². The summed E-state index contributed by atoms with van der Waals surface area (Å²) in [5.74, 6) is -0.502. The lowest BCUT2D eigenvalue weighted by Gasteiger charge is -2.14. The molecule has 1 saturated heterocycles. The Morgan fingerprint density at radius 3 is 2.43 bits per heavy atom. The first kappa shape index (κ1) is 11.5. The molecule has 1 heterocycles. The number of carbonyl (C=O) groups is 1. The van der Waals surface area contributed by atoms with Crippen LogP contribution in [0.5, 0.6) is 0 Å². The Morgan fingerprint density at radius 2 is 2.07 bits per heavy atom. The number of rotatable bonds is 2. The molecule has 82 valence electrons. The van der Waals surface area contributed by atoms with Crippen molar-refractivity contribution in [2.45, 2.75) is 13.0 Å². The van der Waals surface area contributed by atoms with E-state index in [0.717, 1.165) is 6.26 Å². The zero-order valence-electron chi connectivity index (χ0n) is 8.43. The van der Waals surface area contributed by atoms with E-state index in [1.165, 1.54) is 4.90 Å². The zero-order valence-corrected chi connectivity index (χ0v) is 9.25. The van der Waals surface area contributed by atoms with Crippen molar-refractivity contribution < 1.29 is 13.2 Å². The molecular formula is C8H16N2O3S. The van der Waals surface area contributed by atoms with Gasteiger partial charge in [0.05, 0.1) is 0 Å². The summed E-state index contributed by atoms with van der Waals surface area (Å²) < 4.78 is 21.8. The van der Waals surface area contributed by atoms with E-state index in [1.807, 2.05) is 6.92 Å². The average molecular weight is 220 g/mol. The van der Waals surface area contributed by atoms with Crippen LogP contribution in [0, 0.1) is 5.92 Å². The van der Waals surface area contributed by atoms with Crippen LogP contribution in [-0.2, 0) is 14.6 Å². The third-order valence-electron chi connectivity index (χ3n) is 2.41. The zero-order chi connectivity index (χ0) is 10.9. The van der Waals surface area contributed by atoms with Crippen molar-refractivity contribution in [1.29, 1.82) is 0 Å². The molecule has 1 fully saturated rings. The second-order valence-electron chi connectivity index (χ2n) is 4.01. The molecule has 0 aromatic heterocycles. The van der Waals surface area contributed by atoms with Gasteiger partial charge in [-0.05, 0) is 5.92 Å². The van der Waals surface area contributed by atoms with E-state index in [0.29, 0.717) is 13.1 Å². The molecule has 0 aromatic rings. The summed E-state index contributed by atoms with van der Waals surface area (Å²) in [4.78, 5) is 13.0. The van der Waals surface area contributed by atoms with Gasteiger partial charge in [0.25, 0.3) is 0 Å². The Labute approximate surface area is 84.2 Å². The van der Waals surface area contributed by atoms with E-state index in [1.54, 1.807) is 0 Å². The molecule has 0 aromatic carbocycles. The molecule has 14 heavy (non-hydrogen) atoms. The van der Waals surface area contributed by atoms with Crippen LogP contribution in [0.2, 0.25) is 0 Å². The maximum atomic E-state index is 11.4. The van der Waals surface area contributed by atoms with Gasteiger partial charge in [-0.25, -0.2) is 8.42 Å². The lowest BCUT2D eigenvalue weighted by Crippen LogP contribution is -2.35. The van der Waals surface area contributed by atoms with Crippen molar-refractivity contribution in [2.75, 3.05) is 25.1 Å². The van der Waals surface area contributed by atoms with Crippen molar-refractivity contribution in [3.8, 4) is 0 Å². The van der Waals surface area contributed by atoms with Gasteiger partial charge in [-0.3, -0.25) is 4.79 Å². The lowest BCUT2D eigenvalue weighted by atomic mass is 10.1. The van der Waals surface area contributed by atoms with Gasteiger partial charge in [-0.15, -0.1) is 0 Å². The smallest absolute Gasteiger partial charge is 0.237 e. The van der Waals surface area contributed by atoms with Crippen molar-refractivity contribution in [2.24, 2.45) is 11.7 Å². The van der Waals surface area contributed by atoms with E-state index in [9.17, 15) is 13.2 Å². The predicted molar refractivity (Wildman–Crippen MR) is 53.4 cm³/mol. The van der Waals surface area contributed by atoms with Crippen molar-refractivity contribution >= 4 is 15.7 Å². The molecule has 0 aliphatic carbocycles. The minimum Gasteiger partial charge on any atom is -0.340 e. The Kier molecular flexibility index (Phi) is 3.16. The van der Waals surface area contributed by atoms with Crippen LogP contribution in [-0.4, -0.2) is 50.4 Å². The Balaban J connectivity index is 2.56. The molecule has 1 amide bonds. The minimum atomic E-state index is -3.23. The predicted octanol–water partition coefficient (Wildman–Crippen LogP) is -1.16. The first-order chi connectivity index (χ1) is 6.29. The molecule has 0 radical (unpaired) electrons. The van der Waals surface area contributed by atoms with Crippen LogP contribution in [0.1, 0.15) is 6.92 Å². The molecule has 1 rings (SSSR count). The number of hydrogen-bond acceptors (Lipinski definition) is 4. The molecule has 0 spiro atoms. The van der Waals surface area contributed by atoms with Gasteiger partial charge < -0.3 is 10.6 Å². The summed E-state index contributed by atoms with van der Waals surface area (Å²) in [6.45, 7) is 2.99. The van der Waals surface area contributed by atoms with Crippen LogP contribution < -0.4 is 5.73 Å². The fourth-order valence-electron chi connectivity index (χ4n) is 1.51. The molecule has 2 atom stereocenters. The second-order valence-corrected chi connectivity index (χ2v) is 6.15. The Morgan fingerprint density at radius 1 is 1.50 bits per heavy atom. The van der Waals surface area contributed by atoms with Crippen LogP contribution in [0.25, 0.3) is 0 Å². The van der Waals surface area contributed by atoms with E-state index < -0.39 is 15.6 Å². The number of amides is 1. The lowest BCUT2D eigenvalue weighted by molar-refractivity contribution is -0.127. The number of nitrogens with zero attached hydrogens (tertiary/aromatic N) is 1. The van der Waals surface area contributed by atoms with E-state index in [-0.39, 0.29) is 17.9 Å². The molecule has 1 aliphatic rings. The topological polar surface area (TPSA) is 80.5 Å². The normalized spacial score (nSPS) is 28.1. The summed E-state index contributed by atoms with van der Waals surface area (Å²) in [6.07, 6.45) is 1.06. The summed E-state index contributed by atoms with van der Waals surface area (Å²) in [6, 6.07) is -0.0292. The molecule has 5 nitrogen and oxygen atoms in total. The Hall–Kier alpha value is -0.620.